The van der Waals surface area contributed by atoms with E-state index in [1.165, 1.54) is 12.1 Å². The molecule has 3 nitrogen and oxygen atoms in total. The molecule has 36 heavy (non-hydrogen) atoms. The largest absolute Gasteiger partial charge is 0.497 e. The lowest BCUT2D eigenvalue weighted by Crippen LogP contribution is -2.26. The maximum Gasteiger partial charge on any atom is 0.416 e. The Morgan fingerprint density at radius 3 is 2.69 bits per heavy atom. The van der Waals surface area contributed by atoms with E-state index in [1.807, 2.05) is 24.3 Å². The molecule has 0 amide bonds. The van der Waals surface area contributed by atoms with E-state index >= 15 is 0 Å². The van der Waals surface area contributed by atoms with Crippen LogP contribution in [0.4, 0.5) is 13.2 Å². The number of aryl methyl sites for hydroxylation is 1. The van der Waals surface area contributed by atoms with Crippen molar-refractivity contribution in [3.05, 3.63) is 88.5 Å². The lowest BCUT2D eigenvalue weighted by molar-refractivity contribution is -0.137. The number of carbonyl (C=O) groups is 2. The molecule has 6 heteroatoms. The van der Waals surface area contributed by atoms with Gasteiger partial charge in [0.2, 0.25) is 0 Å². The summed E-state index contributed by atoms with van der Waals surface area (Å²) in [5, 5.41) is 0. The summed E-state index contributed by atoms with van der Waals surface area (Å²) in [6.45, 7) is 1.55. The molecule has 0 N–H and O–H groups in total. The van der Waals surface area contributed by atoms with Crippen molar-refractivity contribution in [3.8, 4) is 5.75 Å². The Balaban J connectivity index is 1.37. The molecule has 0 aliphatic heterocycles. The highest BCUT2D eigenvalue weighted by Gasteiger charge is 2.52. The third-order valence-electron chi connectivity index (χ3n) is 8.06. The van der Waals surface area contributed by atoms with Crippen molar-refractivity contribution in [2.24, 2.45) is 23.2 Å². The summed E-state index contributed by atoms with van der Waals surface area (Å²) in [5.74, 6) is 0.573. The molecule has 1 fully saturated rings. The van der Waals surface area contributed by atoms with Gasteiger partial charge in [0.05, 0.1) is 12.7 Å². The molecule has 0 saturated heterocycles. The molecule has 3 aliphatic rings. The number of methoxy groups -OCH3 is 1. The fourth-order valence-corrected chi connectivity index (χ4v) is 5.96. The Morgan fingerprint density at radius 2 is 1.97 bits per heavy atom. The van der Waals surface area contributed by atoms with Gasteiger partial charge in [-0.15, -0.1) is 0 Å². The second kappa shape index (κ2) is 9.06. The molecule has 2 aromatic carbocycles. The molecule has 0 heterocycles. The number of alkyl halides is 3. The van der Waals surface area contributed by atoms with Gasteiger partial charge in [-0.25, -0.2) is 0 Å². The number of benzene rings is 2. The Kier molecular flexibility index (Phi) is 6.17. The molecule has 0 aromatic heterocycles. The summed E-state index contributed by atoms with van der Waals surface area (Å²) >= 11 is 0. The first-order valence-corrected chi connectivity index (χ1v) is 12.4. The highest BCUT2D eigenvalue weighted by molar-refractivity contribution is 6.00. The highest BCUT2D eigenvalue weighted by Crippen LogP contribution is 2.59. The van der Waals surface area contributed by atoms with Gasteiger partial charge in [0, 0.05) is 17.4 Å². The molecule has 4 unspecified atom stereocenters. The van der Waals surface area contributed by atoms with E-state index < -0.39 is 11.7 Å². The van der Waals surface area contributed by atoms with Gasteiger partial charge in [-0.05, 0) is 91.3 Å². The van der Waals surface area contributed by atoms with Crippen LogP contribution in [-0.4, -0.2) is 18.7 Å². The minimum absolute atomic E-state index is 0.0141. The normalized spacial score (nSPS) is 27.0. The van der Waals surface area contributed by atoms with Crippen LogP contribution >= 0.6 is 0 Å². The number of ether oxygens (including phenoxy) is 1. The maximum absolute atomic E-state index is 13.3. The van der Waals surface area contributed by atoms with Gasteiger partial charge in [0.15, 0.2) is 11.6 Å². The summed E-state index contributed by atoms with van der Waals surface area (Å²) < 4.78 is 44.9. The average molecular weight is 495 g/mol. The molecule has 1 saturated carbocycles. The number of Topliss-reactive ketones (excluding diaryl/α,β-unsaturated/α-hetero) is 2. The third-order valence-corrected chi connectivity index (χ3v) is 8.06. The standard InChI is InChI=1S/C30H29F3O3/c1-18(34)27-15-24-17-29(24,16-19-4-3-5-23(12-19)30(31,32)33)11-10-21(27)13-22-7-6-20-14-25(36-2)8-9-26(20)28(22)35/h3-5,8-12,14-15,21-22,24H,6-7,13,16-17H2,1-2H3. The van der Waals surface area contributed by atoms with Crippen LogP contribution in [-0.2, 0) is 23.8 Å². The van der Waals surface area contributed by atoms with Crippen LogP contribution in [0.3, 0.4) is 0 Å². The number of allylic oxidation sites excluding steroid dienone is 4. The van der Waals surface area contributed by atoms with E-state index in [0.717, 1.165) is 35.8 Å². The zero-order valence-electron chi connectivity index (χ0n) is 20.4. The van der Waals surface area contributed by atoms with Gasteiger partial charge in [0.1, 0.15) is 5.75 Å². The van der Waals surface area contributed by atoms with Crippen LogP contribution in [0.25, 0.3) is 0 Å². The molecular formula is C30H29F3O3. The van der Waals surface area contributed by atoms with Gasteiger partial charge in [-0.1, -0.05) is 36.4 Å². The first-order valence-electron chi connectivity index (χ1n) is 12.4. The summed E-state index contributed by atoms with van der Waals surface area (Å²) in [6.07, 6.45) is 5.12. The number of fused-ring (bicyclic) bond motifs is 2. The molecule has 0 radical (unpaired) electrons. The van der Waals surface area contributed by atoms with E-state index in [1.54, 1.807) is 26.2 Å². The van der Waals surface area contributed by atoms with Crippen molar-refractivity contribution < 1.29 is 27.5 Å². The summed E-state index contributed by atoms with van der Waals surface area (Å²) in [6, 6.07) is 11.0. The maximum atomic E-state index is 13.3. The zero-order chi connectivity index (χ0) is 25.7. The zero-order valence-corrected chi connectivity index (χ0v) is 20.4. The first-order chi connectivity index (χ1) is 17.1. The van der Waals surface area contributed by atoms with Crippen LogP contribution in [0.2, 0.25) is 0 Å². The third kappa shape index (κ3) is 4.65. The fourth-order valence-electron chi connectivity index (χ4n) is 5.96. The number of rotatable bonds is 6. The second-order valence-electron chi connectivity index (χ2n) is 10.4. The fraction of sp³-hybridized carbons (Fsp3) is 0.400. The van der Waals surface area contributed by atoms with E-state index in [-0.39, 0.29) is 34.7 Å². The van der Waals surface area contributed by atoms with Crippen molar-refractivity contribution >= 4 is 11.6 Å². The van der Waals surface area contributed by atoms with Crippen LogP contribution in [0.1, 0.15) is 53.2 Å². The van der Waals surface area contributed by atoms with Gasteiger partial charge in [-0.2, -0.15) is 13.2 Å². The number of halogens is 3. The van der Waals surface area contributed by atoms with Gasteiger partial charge in [0.25, 0.3) is 0 Å². The molecular weight excluding hydrogens is 465 g/mol. The Labute approximate surface area is 209 Å². The van der Waals surface area contributed by atoms with Crippen LogP contribution in [0, 0.1) is 23.2 Å². The van der Waals surface area contributed by atoms with Crippen molar-refractivity contribution in [1.82, 2.24) is 0 Å². The SMILES string of the molecule is COc1ccc2c(c1)CCC(CC1C=CC3(Cc4cccc(C(F)(F)F)c4)CC3C=C1C(C)=O)C2=O. The summed E-state index contributed by atoms with van der Waals surface area (Å²) in [7, 11) is 1.60. The van der Waals surface area contributed by atoms with Crippen molar-refractivity contribution in [2.45, 2.75) is 45.2 Å². The molecule has 188 valence electrons. The second-order valence-corrected chi connectivity index (χ2v) is 10.4. The van der Waals surface area contributed by atoms with Crippen molar-refractivity contribution in [3.63, 3.8) is 0 Å². The molecule has 4 atom stereocenters. The van der Waals surface area contributed by atoms with Crippen molar-refractivity contribution in [2.75, 3.05) is 7.11 Å². The number of hydrogen-bond donors (Lipinski definition) is 0. The van der Waals surface area contributed by atoms with Gasteiger partial charge >= 0.3 is 6.18 Å². The lowest BCUT2D eigenvalue weighted by Gasteiger charge is -2.27. The highest BCUT2D eigenvalue weighted by atomic mass is 19.4. The van der Waals surface area contributed by atoms with Crippen molar-refractivity contribution in [1.29, 1.82) is 0 Å². The van der Waals surface area contributed by atoms with E-state index in [0.29, 0.717) is 30.4 Å². The predicted molar refractivity (Wildman–Crippen MR) is 131 cm³/mol. The monoisotopic (exact) mass is 494 g/mol. The first kappa shape index (κ1) is 24.5. The molecule has 5 rings (SSSR count). The number of carbonyl (C=O) groups excluding carboxylic acids is 2. The molecule has 0 bridgehead atoms. The Morgan fingerprint density at radius 1 is 1.17 bits per heavy atom. The van der Waals surface area contributed by atoms with E-state index in [2.05, 4.69) is 6.08 Å². The minimum atomic E-state index is -4.38. The lowest BCUT2D eigenvalue weighted by atomic mass is 9.76. The van der Waals surface area contributed by atoms with Crippen LogP contribution in [0.15, 0.2) is 66.3 Å². The number of hydrogen-bond acceptors (Lipinski definition) is 3. The van der Waals surface area contributed by atoms with E-state index in [9.17, 15) is 22.8 Å². The summed E-state index contributed by atoms with van der Waals surface area (Å²) in [5.41, 5.74) is 2.16. The van der Waals surface area contributed by atoms with E-state index in [4.69, 9.17) is 4.74 Å². The summed E-state index contributed by atoms with van der Waals surface area (Å²) in [4.78, 5) is 25.9. The topological polar surface area (TPSA) is 43.4 Å². The molecule has 0 spiro atoms. The van der Waals surface area contributed by atoms with Gasteiger partial charge in [-0.3, -0.25) is 9.59 Å². The predicted octanol–water partition coefficient (Wildman–Crippen LogP) is 6.80. The number of ketones is 2. The van der Waals surface area contributed by atoms with Gasteiger partial charge < -0.3 is 4.74 Å². The Bertz CT molecular complexity index is 1270. The van der Waals surface area contributed by atoms with Crippen LogP contribution in [0.5, 0.6) is 5.75 Å². The quantitative estimate of drug-likeness (QED) is 0.415. The molecule has 2 aromatic rings. The minimum Gasteiger partial charge on any atom is -0.497 e. The average Bonchev–Trinajstić information content (AvgIpc) is 3.54. The molecule has 3 aliphatic carbocycles. The smallest absolute Gasteiger partial charge is 0.416 e. The van der Waals surface area contributed by atoms with Crippen LogP contribution < -0.4 is 4.74 Å². The Hall–Kier alpha value is -3.15.